The van der Waals surface area contributed by atoms with E-state index in [0.29, 0.717) is 12.2 Å². The second-order valence-corrected chi connectivity index (χ2v) is 7.67. The fraction of sp³-hybridized carbons (Fsp3) is 0.208. The summed E-state index contributed by atoms with van der Waals surface area (Å²) in [6, 6.07) is 25.1. The van der Waals surface area contributed by atoms with Gasteiger partial charge < -0.3 is 14.8 Å². The minimum atomic E-state index is -0.112. The Bertz CT molecular complexity index is 896. The van der Waals surface area contributed by atoms with Gasteiger partial charge in [-0.1, -0.05) is 30.3 Å². The van der Waals surface area contributed by atoms with Crippen LogP contribution in [-0.4, -0.2) is 25.4 Å². The Morgan fingerprint density at radius 3 is 2.24 bits per heavy atom. The Kier molecular flexibility index (Phi) is 7.59. The lowest BCUT2D eigenvalue weighted by Gasteiger charge is -2.15. The number of hydrogen-bond acceptors (Lipinski definition) is 4. The molecule has 0 aliphatic carbocycles. The van der Waals surface area contributed by atoms with Crippen LogP contribution < -0.4 is 14.8 Å². The molecule has 1 N–H and O–H groups in total. The van der Waals surface area contributed by atoms with Gasteiger partial charge in [-0.25, -0.2) is 0 Å². The molecule has 0 heterocycles. The quantitative estimate of drug-likeness (QED) is 0.383. The minimum absolute atomic E-state index is 0.0978. The van der Waals surface area contributed by atoms with Crippen molar-refractivity contribution in [3.05, 3.63) is 90.0 Å². The zero-order valence-corrected chi connectivity index (χ0v) is 17.4. The number of nitrogens with one attached hydrogen (secondary N) is 1. The van der Waals surface area contributed by atoms with Gasteiger partial charge in [0.1, 0.15) is 11.5 Å². The molecule has 3 aromatic carbocycles. The Labute approximate surface area is 176 Å². The highest BCUT2D eigenvalue weighted by atomic mass is 32.2. The number of methoxy groups -OCH3 is 1. The summed E-state index contributed by atoms with van der Waals surface area (Å²) in [4.78, 5) is 13.7. The molecule has 0 saturated carbocycles. The highest BCUT2D eigenvalue weighted by molar-refractivity contribution is 7.99. The number of rotatable bonds is 9. The van der Waals surface area contributed by atoms with E-state index < -0.39 is 0 Å². The van der Waals surface area contributed by atoms with Gasteiger partial charge in [-0.15, -0.1) is 11.8 Å². The first-order chi connectivity index (χ1) is 14.2. The van der Waals surface area contributed by atoms with Gasteiger partial charge in [0, 0.05) is 16.2 Å². The molecule has 0 spiro atoms. The SMILES string of the molecule is COc1ccc([C@H](C)NC(=O)c2ccc(OCCSc3ccccc3)cc2)cc1. The summed E-state index contributed by atoms with van der Waals surface area (Å²) < 4.78 is 10.9. The number of thioether (sulfide) groups is 1. The largest absolute Gasteiger partial charge is 0.497 e. The molecule has 0 radical (unpaired) electrons. The van der Waals surface area contributed by atoms with Crippen molar-refractivity contribution in [3.8, 4) is 11.5 Å². The van der Waals surface area contributed by atoms with Crippen LogP contribution in [-0.2, 0) is 0 Å². The standard InChI is InChI=1S/C24H25NO3S/c1-18(19-8-12-21(27-2)13-9-19)25-24(26)20-10-14-22(15-11-20)28-16-17-29-23-6-4-3-5-7-23/h3-15,18H,16-17H2,1-2H3,(H,25,26)/t18-/m0/s1. The second-order valence-electron chi connectivity index (χ2n) is 6.50. The summed E-state index contributed by atoms with van der Waals surface area (Å²) in [5.74, 6) is 2.31. The molecule has 0 aromatic heterocycles. The first-order valence-electron chi connectivity index (χ1n) is 9.51. The summed E-state index contributed by atoms with van der Waals surface area (Å²) in [5, 5.41) is 3.02. The predicted molar refractivity (Wildman–Crippen MR) is 118 cm³/mol. The van der Waals surface area contributed by atoms with Crippen LogP contribution in [0.2, 0.25) is 0 Å². The highest BCUT2D eigenvalue weighted by Gasteiger charge is 2.11. The maximum absolute atomic E-state index is 12.5. The Balaban J connectivity index is 1.46. The summed E-state index contributed by atoms with van der Waals surface area (Å²) in [6.07, 6.45) is 0. The minimum Gasteiger partial charge on any atom is -0.497 e. The average molecular weight is 408 g/mol. The van der Waals surface area contributed by atoms with Gasteiger partial charge in [-0.2, -0.15) is 0 Å². The summed E-state index contributed by atoms with van der Waals surface area (Å²) >= 11 is 1.76. The third-order valence-electron chi connectivity index (χ3n) is 4.44. The second kappa shape index (κ2) is 10.6. The van der Waals surface area contributed by atoms with Crippen molar-refractivity contribution in [1.29, 1.82) is 0 Å². The highest BCUT2D eigenvalue weighted by Crippen LogP contribution is 2.20. The Hall–Kier alpha value is -2.92. The molecule has 4 nitrogen and oxygen atoms in total. The van der Waals surface area contributed by atoms with Crippen LogP contribution in [0.4, 0.5) is 0 Å². The first kappa shape index (κ1) is 20.8. The van der Waals surface area contributed by atoms with Crippen molar-refractivity contribution < 1.29 is 14.3 Å². The third kappa shape index (κ3) is 6.29. The molecule has 5 heteroatoms. The van der Waals surface area contributed by atoms with Crippen LogP contribution in [0, 0.1) is 0 Å². The smallest absolute Gasteiger partial charge is 0.251 e. The zero-order valence-electron chi connectivity index (χ0n) is 16.6. The normalized spacial score (nSPS) is 11.5. The van der Waals surface area contributed by atoms with E-state index in [1.54, 1.807) is 31.0 Å². The zero-order chi connectivity index (χ0) is 20.5. The van der Waals surface area contributed by atoms with E-state index in [2.05, 4.69) is 17.4 Å². The number of carbonyl (C=O) groups is 1. The average Bonchev–Trinajstić information content (AvgIpc) is 2.78. The van der Waals surface area contributed by atoms with E-state index in [1.165, 1.54) is 4.90 Å². The molecule has 3 rings (SSSR count). The summed E-state index contributed by atoms with van der Waals surface area (Å²) in [5.41, 5.74) is 1.63. The Morgan fingerprint density at radius 2 is 1.59 bits per heavy atom. The summed E-state index contributed by atoms with van der Waals surface area (Å²) in [7, 11) is 1.63. The van der Waals surface area contributed by atoms with Crippen molar-refractivity contribution in [1.82, 2.24) is 5.32 Å². The van der Waals surface area contributed by atoms with Crippen LogP contribution >= 0.6 is 11.8 Å². The monoisotopic (exact) mass is 407 g/mol. The maximum Gasteiger partial charge on any atom is 0.251 e. The number of ether oxygens (including phenoxy) is 2. The molecule has 0 aliphatic heterocycles. The van der Waals surface area contributed by atoms with Crippen LogP contribution in [0.25, 0.3) is 0 Å². The lowest BCUT2D eigenvalue weighted by Crippen LogP contribution is -2.26. The van der Waals surface area contributed by atoms with Crippen molar-refractivity contribution in [2.75, 3.05) is 19.5 Å². The number of hydrogen-bond donors (Lipinski definition) is 1. The van der Waals surface area contributed by atoms with Gasteiger partial charge in [0.05, 0.1) is 19.8 Å². The van der Waals surface area contributed by atoms with E-state index in [4.69, 9.17) is 9.47 Å². The topological polar surface area (TPSA) is 47.6 Å². The predicted octanol–water partition coefficient (Wildman–Crippen LogP) is 5.36. The van der Waals surface area contributed by atoms with Crippen molar-refractivity contribution in [3.63, 3.8) is 0 Å². The van der Waals surface area contributed by atoms with Crippen LogP contribution in [0.1, 0.15) is 28.9 Å². The number of carbonyl (C=O) groups excluding carboxylic acids is 1. The fourth-order valence-corrected chi connectivity index (χ4v) is 3.55. The molecule has 150 valence electrons. The fourth-order valence-electron chi connectivity index (χ4n) is 2.79. The molecule has 0 bridgehead atoms. The van der Waals surface area contributed by atoms with E-state index in [9.17, 15) is 4.79 Å². The van der Waals surface area contributed by atoms with Gasteiger partial charge in [0.25, 0.3) is 5.91 Å². The summed E-state index contributed by atoms with van der Waals surface area (Å²) in [6.45, 7) is 2.57. The van der Waals surface area contributed by atoms with Gasteiger partial charge in [-0.3, -0.25) is 4.79 Å². The van der Waals surface area contributed by atoms with Crippen LogP contribution in [0.15, 0.2) is 83.8 Å². The number of amides is 1. The molecule has 0 aliphatic rings. The molecule has 1 atom stereocenters. The maximum atomic E-state index is 12.5. The van der Waals surface area contributed by atoms with E-state index >= 15 is 0 Å². The van der Waals surface area contributed by atoms with E-state index in [-0.39, 0.29) is 11.9 Å². The van der Waals surface area contributed by atoms with Crippen LogP contribution in [0.3, 0.4) is 0 Å². The van der Waals surface area contributed by atoms with Gasteiger partial charge >= 0.3 is 0 Å². The first-order valence-corrected chi connectivity index (χ1v) is 10.5. The van der Waals surface area contributed by atoms with E-state index in [0.717, 1.165) is 22.8 Å². The molecule has 0 unspecified atom stereocenters. The van der Waals surface area contributed by atoms with Crippen LogP contribution in [0.5, 0.6) is 11.5 Å². The van der Waals surface area contributed by atoms with Gasteiger partial charge in [0.2, 0.25) is 0 Å². The Morgan fingerprint density at radius 1 is 0.931 bits per heavy atom. The van der Waals surface area contributed by atoms with Gasteiger partial charge in [0.15, 0.2) is 0 Å². The molecule has 29 heavy (non-hydrogen) atoms. The lowest BCUT2D eigenvalue weighted by atomic mass is 10.1. The third-order valence-corrected chi connectivity index (χ3v) is 5.42. The van der Waals surface area contributed by atoms with Gasteiger partial charge in [-0.05, 0) is 61.0 Å². The molecular formula is C24H25NO3S. The molecule has 1 amide bonds. The molecule has 3 aromatic rings. The van der Waals surface area contributed by atoms with E-state index in [1.807, 2.05) is 61.5 Å². The van der Waals surface area contributed by atoms with Crippen molar-refractivity contribution >= 4 is 17.7 Å². The lowest BCUT2D eigenvalue weighted by molar-refractivity contribution is 0.0940. The molecule has 0 saturated heterocycles. The number of benzene rings is 3. The molecule has 0 fully saturated rings. The van der Waals surface area contributed by atoms with Crippen molar-refractivity contribution in [2.24, 2.45) is 0 Å². The molecular weight excluding hydrogens is 382 g/mol. The van der Waals surface area contributed by atoms with Crippen molar-refractivity contribution in [2.45, 2.75) is 17.9 Å².